The minimum absolute atomic E-state index is 0.475. The summed E-state index contributed by atoms with van der Waals surface area (Å²) in [5, 5.41) is 0. The Morgan fingerprint density at radius 3 is 3.20 bits per heavy atom. The van der Waals surface area contributed by atoms with Crippen LogP contribution < -0.4 is 0 Å². The highest BCUT2D eigenvalue weighted by Gasteiger charge is 2.24. The fourth-order valence-electron chi connectivity index (χ4n) is 1.93. The number of allylic oxidation sites excluding steroid dienone is 1. The van der Waals surface area contributed by atoms with Crippen LogP contribution in [0, 0.1) is 5.92 Å². The van der Waals surface area contributed by atoms with E-state index in [1.54, 1.807) is 0 Å². The van der Waals surface area contributed by atoms with Crippen molar-refractivity contribution in [3.8, 4) is 0 Å². The van der Waals surface area contributed by atoms with Crippen molar-refractivity contribution in [2.45, 2.75) is 31.8 Å². The Balaban J connectivity index is 2.03. The van der Waals surface area contributed by atoms with E-state index in [-0.39, 0.29) is 0 Å². The average Bonchev–Trinajstić information content (AvgIpc) is 2.05. The van der Waals surface area contributed by atoms with Crippen molar-refractivity contribution in [2.24, 2.45) is 5.92 Å². The molecule has 0 aromatic rings. The standard InChI is InChI=1S/C9H14O/c1-2-6-9-8(4-1)5-3-7-10-9/h2,6,8-9H,1,3-5,7H2/t8-,9-/m1/s1. The lowest BCUT2D eigenvalue weighted by molar-refractivity contribution is -0.00244. The number of hydrogen-bond acceptors (Lipinski definition) is 1. The second-order valence-electron chi connectivity index (χ2n) is 3.24. The molecule has 1 aliphatic heterocycles. The van der Waals surface area contributed by atoms with Crippen LogP contribution >= 0.6 is 0 Å². The third kappa shape index (κ3) is 1.10. The van der Waals surface area contributed by atoms with Crippen LogP contribution in [-0.4, -0.2) is 12.7 Å². The number of rotatable bonds is 0. The van der Waals surface area contributed by atoms with E-state index in [1.165, 1.54) is 25.7 Å². The van der Waals surface area contributed by atoms with Crippen molar-refractivity contribution in [2.75, 3.05) is 6.61 Å². The fourth-order valence-corrected chi connectivity index (χ4v) is 1.93. The Morgan fingerprint density at radius 2 is 2.30 bits per heavy atom. The minimum atomic E-state index is 0.475. The second kappa shape index (κ2) is 2.75. The third-order valence-corrected chi connectivity index (χ3v) is 2.52. The lowest BCUT2D eigenvalue weighted by Gasteiger charge is -2.31. The first-order valence-corrected chi connectivity index (χ1v) is 4.25. The molecule has 10 heavy (non-hydrogen) atoms. The van der Waals surface area contributed by atoms with Crippen LogP contribution in [-0.2, 0) is 4.74 Å². The summed E-state index contributed by atoms with van der Waals surface area (Å²) in [4.78, 5) is 0. The smallest absolute Gasteiger partial charge is 0.0784 e. The van der Waals surface area contributed by atoms with Gasteiger partial charge in [-0.2, -0.15) is 0 Å². The van der Waals surface area contributed by atoms with Crippen molar-refractivity contribution in [3.63, 3.8) is 0 Å². The van der Waals surface area contributed by atoms with Crippen LogP contribution in [0.3, 0.4) is 0 Å². The van der Waals surface area contributed by atoms with Gasteiger partial charge in [-0.05, 0) is 31.6 Å². The Kier molecular flexibility index (Phi) is 1.76. The van der Waals surface area contributed by atoms with Gasteiger partial charge in [0, 0.05) is 6.61 Å². The van der Waals surface area contributed by atoms with Crippen LogP contribution in [0.1, 0.15) is 25.7 Å². The molecule has 0 N–H and O–H groups in total. The largest absolute Gasteiger partial charge is 0.374 e. The molecule has 1 saturated heterocycles. The fraction of sp³-hybridized carbons (Fsp3) is 0.778. The molecular formula is C9H14O. The number of ether oxygens (including phenoxy) is 1. The third-order valence-electron chi connectivity index (χ3n) is 2.52. The van der Waals surface area contributed by atoms with Gasteiger partial charge in [0.25, 0.3) is 0 Å². The quantitative estimate of drug-likeness (QED) is 0.466. The first-order valence-electron chi connectivity index (χ1n) is 4.25. The summed E-state index contributed by atoms with van der Waals surface area (Å²) in [7, 11) is 0. The van der Waals surface area contributed by atoms with Crippen molar-refractivity contribution < 1.29 is 4.74 Å². The summed E-state index contributed by atoms with van der Waals surface area (Å²) >= 11 is 0. The Morgan fingerprint density at radius 1 is 1.30 bits per heavy atom. The van der Waals surface area contributed by atoms with E-state index in [1.807, 2.05) is 0 Å². The summed E-state index contributed by atoms with van der Waals surface area (Å²) in [6.07, 6.45) is 10.2. The molecule has 1 aliphatic carbocycles. The second-order valence-corrected chi connectivity index (χ2v) is 3.24. The van der Waals surface area contributed by atoms with Gasteiger partial charge >= 0.3 is 0 Å². The molecule has 0 spiro atoms. The van der Waals surface area contributed by atoms with E-state index in [9.17, 15) is 0 Å². The summed E-state index contributed by atoms with van der Waals surface area (Å²) in [6, 6.07) is 0. The molecule has 1 heteroatoms. The summed E-state index contributed by atoms with van der Waals surface area (Å²) in [5.41, 5.74) is 0. The topological polar surface area (TPSA) is 9.23 Å². The molecule has 1 fully saturated rings. The maximum absolute atomic E-state index is 5.60. The van der Waals surface area contributed by atoms with Gasteiger partial charge in [0.1, 0.15) is 0 Å². The molecule has 2 atom stereocenters. The maximum Gasteiger partial charge on any atom is 0.0784 e. The zero-order valence-electron chi connectivity index (χ0n) is 6.25. The molecule has 0 saturated carbocycles. The van der Waals surface area contributed by atoms with E-state index < -0.39 is 0 Å². The van der Waals surface area contributed by atoms with Crippen LogP contribution in [0.5, 0.6) is 0 Å². The van der Waals surface area contributed by atoms with Gasteiger partial charge in [-0.1, -0.05) is 12.2 Å². The molecular weight excluding hydrogens is 124 g/mol. The molecule has 0 aromatic carbocycles. The van der Waals surface area contributed by atoms with Gasteiger partial charge < -0.3 is 4.74 Å². The minimum Gasteiger partial charge on any atom is -0.374 e. The molecule has 0 bridgehead atoms. The van der Waals surface area contributed by atoms with Crippen molar-refractivity contribution in [1.29, 1.82) is 0 Å². The number of hydrogen-bond donors (Lipinski definition) is 0. The van der Waals surface area contributed by atoms with E-state index >= 15 is 0 Å². The normalized spacial score (nSPS) is 39.2. The highest BCUT2D eigenvalue weighted by Crippen LogP contribution is 2.29. The van der Waals surface area contributed by atoms with Gasteiger partial charge in [-0.25, -0.2) is 0 Å². The summed E-state index contributed by atoms with van der Waals surface area (Å²) in [6.45, 7) is 0.978. The van der Waals surface area contributed by atoms with E-state index in [4.69, 9.17) is 4.74 Å². The SMILES string of the molecule is C1=C[C@H]2OCCC[C@H]2CC1. The van der Waals surface area contributed by atoms with Crippen LogP contribution in [0.4, 0.5) is 0 Å². The van der Waals surface area contributed by atoms with Gasteiger partial charge in [0.05, 0.1) is 6.10 Å². The highest BCUT2D eigenvalue weighted by atomic mass is 16.5. The monoisotopic (exact) mass is 138 g/mol. The Hall–Kier alpha value is -0.300. The van der Waals surface area contributed by atoms with E-state index in [2.05, 4.69) is 12.2 Å². The summed E-state index contributed by atoms with van der Waals surface area (Å²) in [5.74, 6) is 0.846. The van der Waals surface area contributed by atoms with Gasteiger partial charge in [0.2, 0.25) is 0 Å². The maximum atomic E-state index is 5.60. The molecule has 56 valence electrons. The molecule has 0 amide bonds. The van der Waals surface area contributed by atoms with Crippen molar-refractivity contribution in [3.05, 3.63) is 12.2 Å². The number of fused-ring (bicyclic) bond motifs is 1. The first-order chi connectivity index (χ1) is 4.97. The average molecular weight is 138 g/mol. The predicted molar refractivity (Wildman–Crippen MR) is 40.8 cm³/mol. The van der Waals surface area contributed by atoms with Crippen LogP contribution in [0.25, 0.3) is 0 Å². The van der Waals surface area contributed by atoms with Gasteiger partial charge in [0.15, 0.2) is 0 Å². The van der Waals surface area contributed by atoms with Crippen LogP contribution in [0.2, 0.25) is 0 Å². The van der Waals surface area contributed by atoms with Crippen LogP contribution in [0.15, 0.2) is 12.2 Å². The molecule has 1 nitrogen and oxygen atoms in total. The zero-order chi connectivity index (χ0) is 6.81. The molecule has 2 aliphatic rings. The lowest BCUT2D eigenvalue weighted by atomic mass is 9.86. The summed E-state index contributed by atoms with van der Waals surface area (Å²) < 4.78 is 5.60. The van der Waals surface area contributed by atoms with E-state index in [0.29, 0.717) is 6.10 Å². The van der Waals surface area contributed by atoms with Crippen molar-refractivity contribution in [1.82, 2.24) is 0 Å². The molecule has 0 unspecified atom stereocenters. The first kappa shape index (κ1) is 6.41. The Bertz CT molecular complexity index is 140. The molecule has 2 rings (SSSR count). The highest BCUT2D eigenvalue weighted by molar-refractivity contribution is 4.99. The van der Waals surface area contributed by atoms with Gasteiger partial charge in [-0.15, -0.1) is 0 Å². The van der Waals surface area contributed by atoms with Crippen molar-refractivity contribution >= 4 is 0 Å². The Labute approximate surface area is 62.1 Å². The molecule has 1 heterocycles. The predicted octanol–water partition coefficient (Wildman–Crippen LogP) is 2.13. The van der Waals surface area contributed by atoms with E-state index in [0.717, 1.165) is 12.5 Å². The lowest BCUT2D eigenvalue weighted by Crippen LogP contribution is -2.29. The molecule has 0 aromatic heterocycles. The zero-order valence-corrected chi connectivity index (χ0v) is 6.25. The molecule has 0 radical (unpaired) electrons. The van der Waals surface area contributed by atoms with Gasteiger partial charge in [-0.3, -0.25) is 0 Å².